The van der Waals surface area contributed by atoms with Gasteiger partial charge in [0.25, 0.3) is 0 Å². The van der Waals surface area contributed by atoms with Gasteiger partial charge in [0.1, 0.15) is 5.75 Å². The van der Waals surface area contributed by atoms with Crippen molar-refractivity contribution in [3.05, 3.63) is 29.8 Å². The number of hydrogen-bond donors (Lipinski definition) is 0. The summed E-state index contributed by atoms with van der Waals surface area (Å²) in [6.07, 6.45) is 0.410. The molecule has 1 atom stereocenters. The van der Waals surface area contributed by atoms with Crippen LogP contribution in [0.2, 0.25) is 0 Å². The molecule has 1 aromatic rings. The molecule has 17 heavy (non-hydrogen) atoms. The van der Waals surface area contributed by atoms with Crippen LogP contribution in [0.25, 0.3) is 0 Å². The smallest absolute Gasteiger partial charge is 0.226 e. The molecule has 0 aliphatic heterocycles. The van der Waals surface area contributed by atoms with Crippen LogP contribution in [0.3, 0.4) is 0 Å². The van der Waals surface area contributed by atoms with Crippen molar-refractivity contribution in [2.24, 2.45) is 0 Å². The van der Waals surface area contributed by atoms with Crippen molar-refractivity contribution < 1.29 is 9.53 Å². The molecule has 0 heterocycles. The van der Waals surface area contributed by atoms with Crippen LogP contribution in [0.5, 0.6) is 5.75 Å². The fraction of sp³-hybridized carbons (Fsp3) is 0.462. The summed E-state index contributed by atoms with van der Waals surface area (Å²) in [6.45, 7) is 2.73. The lowest BCUT2D eigenvalue weighted by atomic mass is 10.1. The average molecular weight is 300 g/mol. The first-order valence-corrected chi connectivity index (χ1v) is 6.45. The van der Waals surface area contributed by atoms with E-state index >= 15 is 0 Å². The minimum atomic E-state index is 0.115. The highest BCUT2D eigenvalue weighted by molar-refractivity contribution is 9.09. The Labute approximate surface area is 111 Å². The second-order valence-corrected chi connectivity index (χ2v) is 5.65. The monoisotopic (exact) mass is 299 g/mol. The van der Waals surface area contributed by atoms with Crippen LogP contribution in [0, 0.1) is 0 Å². The molecule has 1 rings (SSSR count). The van der Waals surface area contributed by atoms with Gasteiger partial charge in [-0.3, -0.25) is 4.79 Å². The number of alkyl halides is 1. The summed E-state index contributed by atoms with van der Waals surface area (Å²) < 4.78 is 5.13. The van der Waals surface area contributed by atoms with Gasteiger partial charge in [0.15, 0.2) is 0 Å². The summed E-state index contributed by atoms with van der Waals surface area (Å²) >= 11 is 3.44. The highest BCUT2D eigenvalue weighted by Gasteiger charge is 2.11. The Bertz CT molecular complexity index is 379. The molecule has 0 bridgehead atoms. The first-order chi connectivity index (χ1) is 8.02. The lowest BCUT2D eigenvalue weighted by molar-refractivity contribution is -0.129. The first-order valence-electron chi connectivity index (χ1n) is 5.54. The number of carbonyl (C=O) groups is 1. The number of hydrogen-bond acceptors (Lipinski definition) is 2. The Kier molecular flexibility index (Phi) is 5.48. The zero-order valence-corrected chi connectivity index (χ0v) is 12.0. The number of methoxy groups -OCH3 is 1. The third-order valence-electron chi connectivity index (χ3n) is 2.44. The van der Waals surface area contributed by atoms with E-state index in [0.717, 1.165) is 11.3 Å². The van der Waals surface area contributed by atoms with Crippen LogP contribution < -0.4 is 4.74 Å². The quantitative estimate of drug-likeness (QED) is 0.782. The van der Waals surface area contributed by atoms with Gasteiger partial charge in [0.2, 0.25) is 5.91 Å². The van der Waals surface area contributed by atoms with Crippen LogP contribution in [-0.4, -0.2) is 36.3 Å². The van der Waals surface area contributed by atoms with E-state index in [9.17, 15) is 4.79 Å². The number of amides is 1. The minimum Gasteiger partial charge on any atom is -0.497 e. The largest absolute Gasteiger partial charge is 0.497 e. The maximum Gasteiger partial charge on any atom is 0.226 e. The first kappa shape index (κ1) is 14.0. The maximum atomic E-state index is 11.9. The van der Waals surface area contributed by atoms with Crippen LogP contribution in [-0.2, 0) is 11.2 Å². The van der Waals surface area contributed by atoms with Gasteiger partial charge < -0.3 is 9.64 Å². The fourth-order valence-electron chi connectivity index (χ4n) is 1.57. The van der Waals surface area contributed by atoms with E-state index in [1.807, 2.05) is 38.2 Å². The van der Waals surface area contributed by atoms with E-state index in [-0.39, 0.29) is 5.91 Å². The van der Waals surface area contributed by atoms with Gasteiger partial charge >= 0.3 is 0 Å². The molecule has 3 nitrogen and oxygen atoms in total. The molecule has 1 amide bonds. The molecule has 0 aliphatic carbocycles. The molecule has 1 aromatic carbocycles. The number of likely N-dealkylation sites (N-methyl/N-ethyl adjacent to an activating group) is 1. The van der Waals surface area contributed by atoms with E-state index in [0.29, 0.717) is 17.8 Å². The van der Waals surface area contributed by atoms with Crippen LogP contribution >= 0.6 is 15.9 Å². The Hall–Kier alpha value is -1.03. The lowest BCUT2D eigenvalue weighted by Gasteiger charge is -2.18. The molecule has 4 heteroatoms. The van der Waals surface area contributed by atoms with Gasteiger partial charge in [0.05, 0.1) is 13.5 Å². The maximum absolute atomic E-state index is 11.9. The van der Waals surface area contributed by atoms with Gasteiger partial charge in [-0.05, 0) is 17.7 Å². The van der Waals surface area contributed by atoms with E-state index in [1.54, 1.807) is 12.0 Å². The number of benzene rings is 1. The summed E-state index contributed by atoms with van der Waals surface area (Å²) in [5.74, 6) is 0.899. The SMILES string of the molecule is COc1cccc(CC(=O)N(C)CC(C)Br)c1. The summed E-state index contributed by atoms with van der Waals surface area (Å²) in [7, 11) is 3.44. The Balaban J connectivity index is 2.61. The van der Waals surface area contributed by atoms with Crippen molar-refractivity contribution >= 4 is 21.8 Å². The summed E-state index contributed by atoms with van der Waals surface area (Å²) in [5.41, 5.74) is 0.975. The topological polar surface area (TPSA) is 29.5 Å². The predicted octanol–water partition coefficient (Wildman–Crippen LogP) is 2.48. The molecular formula is C13H18BrNO2. The highest BCUT2D eigenvalue weighted by Crippen LogP contribution is 2.13. The molecular weight excluding hydrogens is 282 g/mol. The number of ether oxygens (including phenoxy) is 1. The molecule has 0 radical (unpaired) electrons. The van der Waals surface area contributed by atoms with Crippen molar-refractivity contribution in [1.82, 2.24) is 4.90 Å². The van der Waals surface area contributed by atoms with Gasteiger partial charge in [0, 0.05) is 18.4 Å². The summed E-state index contributed by atoms with van der Waals surface area (Å²) in [4.78, 5) is 14.0. The Morgan fingerprint density at radius 1 is 1.53 bits per heavy atom. The second kappa shape index (κ2) is 6.64. The van der Waals surface area contributed by atoms with Crippen molar-refractivity contribution in [2.45, 2.75) is 18.2 Å². The van der Waals surface area contributed by atoms with Gasteiger partial charge in [-0.1, -0.05) is 35.0 Å². The number of halogens is 1. The zero-order valence-electron chi connectivity index (χ0n) is 10.4. The number of nitrogens with zero attached hydrogens (tertiary/aromatic N) is 1. The summed E-state index contributed by atoms with van der Waals surface area (Å²) in [5, 5.41) is 0. The van der Waals surface area contributed by atoms with Gasteiger partial charge in [-0.25, -0.2) is 0 Å². The van der Waals surface area contributed by atoms with Crippen LogP contribution in [0.15, 0.2) is 24.3 Å². The predicted molar refractivity (Wildman–Crippen MR) is 72.7 cm³/mol. The van der Waals surface area contributed by atoms with E-state index in [2.05, 4.69) is 15.9 Å². The third-order valence-corrected chi connectivity index (χ3v) is 2.73. The summed E-state index contributed by atoms with van der Waals surface area (Å²) in [6, 6.07) is 7.60. The third kappa shape index (κ3) is 4.77. The molecule has 0 saturated carbocycles. The zero-order chi connectivity index (χ0) is 12.8. The standard InChI is InChI=1S/C13H18BrNO2/c1-10(14)9-15(2)13(16)8-11-5-4-6-12(7-11)17-3/h4-7,10H,8-9H2,1-3H3. The van der Waals surface area contributed by atoms with E-state index < -0.39 is 0 Å². The Morgan fingerprint density at radius 2 is 2.24 bits per heavy atom. The van der Waals surface area contributed by atoms with Crippen molar-refractivity contribution in [2.75, 3.05) is 20.7 Å². The minimum absolute atomic E-state index is 0.115. The average Bonchev–Trinajstić information content (AvgIpc) is 2.28. The van der Waals surface area contributed by atoms with E-state index in [4.69, 9.17) is 4.74 Å². The molecule has 0 fully saturated rings. The molecule has 0 N–H and O–H groups in total. The van der Waals surface area contributed by atoms with E-state index in [1.165, 1.54) is 0 Å². The van der Waals surface area contributed by atoms with Crippen LogP contribution in [0.1, 0.15) is 12.5 Å². The van der Waals surface area contributed by atoms with Gasteiger partial charge in [-0.2, -0.15) is 0 Å². The number of carbonyl (C=O) groups excluding carboxylic acids is 1. The molecule has 0 spiro atoms. The Morgan fingerprint density at radius 3 is 2.82 bits per heavy atom. The molecule has 0 aromatic heterocycles. The van der Waals surface area contributed by atoms with Crippen molar-refractivity contribution in [3.63, 3.8) is 0 Å². The second-order valence-electron chi connectivity index (χ2n) is 4.08. The number of rotatable bonds is 5. The highest BCUT2D eigenvalue weighted by atomic mass is 79.9. The van der Waals surface area contributed by atoms with Crippen molar-refractivity contribution in [3.8, 4) is 5.75 Å². The molecule has 94 valence electrons. The molecule has 1 unspecified atom stereocenters. The molecule has 0 saturated heterocycles. The van der Waals surface area contributed by atoms with Crippen LogP contribution in [0.4, 0.5) is 0 Å². The van der Waals surface area contributed by atoms with Crippen molar-refractivity contribution in [1.29, 1.82) is 0 Å². The van der Waals surface area contributed by atoms with Gasteiger partial charge in [-0.15, -0.1) is 0 Å². The fourth-order valence-corrected chi connectivity index (χ4v) is 2.01. The molecule has 0 aliphatic rings. The lowest BCUT2D eigenvalue weighted by Crippen LogP contribution is -2.32. The normalized spacial score (nSPS) is 12.0.